The number of hydrogen-bond acceptors (Lipinski definition) is 6. The molecule has 9 heteroatoms. The first-order valence-corrected chi connectivity index (χ1v) is 7.44. The molecule has 3 amide bonds. The third kappa shape index (κ3) is 2.37. The molecule has 9 nitrogen and oxygen atoms in total. The lowest BCUT2D eigenvalue weighted by atomic mass is 9.89. The summed E-state index contributed by atoms with van der Waals surface area (Å²) in [5, 5.41) is 14.6. The molecule has 23 heavy (non-hydrogen) atoms. The third-order valence-corrected chi connectivity index (χ3v) is 4.01. The number of nitrogens with zero attached hydrogens (tertiary/aromatic N) is 5. The molecule has 3 rings (SSSR count). The van der Waals surface area contributed by atoms with Gasteiger partial charge in [-0.2, -0.15) is 5.10 Å². The summed E-state index contributed by atoms with van der Waals surface area (Å²) in [7, 11) is 1.76. The topological polar surface area (TPSA) is 106 Å². The van der Waals surface area contributed by atoms with Crippen LogP contribution in [-0.4, -0.2) is 36.8 Å². The van der Waals surface area contributed by atoms with Gasteiger partial charge < -0.3 is 9.73 Å². The predicted molar refractivity (Wildman–Crippen MR) is 77.9 cm³/mol. The molecule has 1 atom stereocenters. The van der Waals surface area contributed by atoms with Gasteiger partial charge in [0.15, 0.2) is 0 Å². The molecule has 1 saturated heterocycles. The largest absolute Gasteiger partial charge is 0.423 e. The van der Waals surface area contributed by atoms with Gasteiger partial charge in [-0.25, -0.2) is 4.79 Å². The van der Waals surface area contributed by atoms with Gasteiger partial charge in [0.25, 0.3) is 5.91 Å². The number of rotatable bonds is 5. The maximum absolute atomic E-state index is 12.9. The van der Waals surface area contributed by atoms with E-state index >= 15 is 0 Å². The van der Waals surface area contributed by atoms with Gasteiger partial charge in [0.1, 0.15) is 12.1 Å². The lowest BCUT2D eigenvalue weighted by Gasteiger charge is -2.23. The number of nitrogens with one attached hydrogen (secondary N) is 1. The Hall–Kier alpha value is -2.71. The molecule has 0 saturated carbocycles. The Labute approximate surface area is 132 Å². The fourth-order valence-corrected chi connectivity index (χ4v) is 2.68. The number of amides is 3. The van der Waals surface area contributed by atoms with Crippen molar-refractivity contribution in [1.82, 2.24) is 30.2 Å². The van der Waals surface area contributed by atoms with Crippen LogP contribution in [0.4, 0.5) is 4.79 Å². The van der Waals surface area contributed by atoms with Crippen molar-refractivity contribution in [3.63, 3.8) is 0 Å². The Kier molecular flexibility index (Phi) is 3.63. The Balaban J connectivity index is 1.89. The summed E-state index contributed by atoms with van der Waals surface area (Å²) >= 11 is 0. The molecular weight excluding hydrogens is 300 g/mol. The first-order valence-electron chi connectivity index (χ1n) is 7.44. The minimum atomic E-state index is -1.10. The molecule has 1 unspecified atom stereocenters. The Morgan fingerprint density at radius 3 is 2.57 bits per heavy atom. The average molecular weight is 318 g/mol. The van der Waals surface area contributed by atoms with Crippen LogP contribution in [0.15, 0.2) is 16.8 Å². The number of urea groups is 1. The van der Waals surface area contributed by atoms with E-state index in [0.717, 1.165) is 4.90 Å². The van der Waals surface area contributed by atoms with E-state index in [2.05, 4.69) is 20.6 Å². The fourth-order valence-electron chi connectivity index (χ4n) is 2.68. The maximum atomic E-state index is 12.9. The molecule has 3 heterocycles. The monoisotopic (exact) mass is 318 g/mol. The van der Waals surface area contributed by atoms with Crippen molar-refractivity contribution in [1.29, 1.82) is 0 Å². The molecule has 0 aliphatic carbocycles. The number of carbonyl (C=O) groups excluding carboxylic acids is 2. The number of imide groups is 1. The lowest BCUT2D eigenvalue weighted by Crippen LogP contribution is -2.43. The van der Waals surface area contributed by atoms with Crippen LogP contribution in [0.2, 0.25) is 0 Å². The van der Waals surface area contributed by atoms with Crippen LogP contribution in [0.1, 0.15) is 37.6 Å². The highest BCUT2D eigenvalue weighted by Gasteiger charge is 2.52. The second-order valence-corrected chi connectivity index (χ2v) is 5.43. The second-order valence-electron chi connectivity index (χ2n) is 5.43. The van der Waals surface area contributed by atoms with Crippen LogP contribution in [0.5, 0.6) is 0 Å². The Bertz CT molecular complexity index is 751. The standard InChI is InChI=1S/C14H18N6O3/c1-4-10-17-18-11(23-10)8-20-12(21)14(5-2,16-13(20)22)9-6-15-19(3)7-9/h6-7H,4-5,8H2,1-3H3,(H,16,22). The number of aromatic nitrogens is 4. The van der Waals surface area contributed by atoms with Crippen molar-refractivity contribution in [3.05, 3.63) is 29.7 Å². The molecule has 0 spiro atoms. The summed E-state index contributed by atoms with van der Waals surface area (Å²) in [5.41, 5.74) is -0.443. The van der Waals surface area contributed by atoms with E-state index in [-0.39, 0.29) is 18.3 Å². The molecule has 2 aromatic rings. The second kappa shape index (κ2) is 5.49. The van der Waals surface area contributed by atoms with Crippen molar-refractivity contribution in [3.8, 4) is 0 Å². The molecule has 0 radical (unpaired) electrons. The van der Waals surface area contributed by atoms with Crippen LogP contribution in [0.25, 0.3) is 0 Å². The molecule has 1 fully saturated rings. The van der Waals surface area contributed by atoms with Gasteiger partial charge in [-0.05, 0) is 6.42 Å². The molecule has 0 aromatic carbocycles. The van der Waals surface area contributed by atoms with E-state index in [0.29, 0.717) is 24.3 Å². The smallest absolute Gasteiger partial charge is 0.325 e. The van der Waals surface area contributed by atoms with Gasteiger partial charge in [-0.15, -0.1) is 10.2 Å². The Morgan fingerprint density at radius 2 is 2.00 bits per heavy atom. The van der Waals surface area contributed by atoms with E-state index in [1.54, 1.807) is 24.1 Å². The van der Waals surface area contributed by atoms with E-state index in [1.165, 1.54) is 0 Å². The molecule has 2 aromatic heterocycles. The quantitative estimate of drug-likeness (QED) is 0.814. The highest BCUT2D eigenvalue weighted by Crippen LogP contribution is 2.32. The summed E-state index contributed by atoms with van der Waals surface area (Å²) in [6.07, 6.45) is 4.34. The van der Waals surface area contributed by atoms with Crippen LogP contribution < -0.4 is 5.32 Å². The number of aryl methyl sites for hydroxylation is 2. The van der Waals surface area contributed by atoms with Crippen LogP contribution in [0, 0.1) is 0 Å². The van der Waals surface area contributed by atoms with Gasteiger partial charge in [0.05, 0.1) is 6.20 Å². The number of carbonyl (C=O) groups is 2. The molecule has 1 aliphatic rings. The summed E-state index contributed by atoms with van der Waals surface area (Å²) in [6, 6.07) is -0.475. The highest BCUT2D eigenvalue weighted by atomic mass is 16.4. The minimum Gasteiger partial charge on any atom is -0.423 e. The van der Waals surface area contributed by atoms with E-state index in [1.807, 2.05) is 13.8 Å². The van der Waals surface area contributed by atoms with Gasteiger partial charge in [0, 0.05) is 25.2 Å². The molecule has 122 valence electrons. The van der Waals surface area contributed by atoms with Crippen molar-refractivity contribution in [2.75, 3.05) is 0 Å². The first-order chi connectivity index (χ1) is 11.0. The lowest BCUT2D eigenvalue weighted by molar-refractivity contribution is -0.132. The van der Waals surface area contributed by atoms with Gasteiger partial charge in [-0.3, -0.25) is 14.4 Å². The zero-order valence-electron chi connectivity index (χ0n) is 13.2. The zero-order chi connectivity index (χ0) is 16.6. The van der Waals surface area contributed by atoms with Crippen molar-refractivity contribution >= 4 is 11.9 Å². The first kappa shape index (κ1) is 15.2. The van der Waals surface area contributed by atoms with Crippen LogP contribution >= 0.6 is 0 Å². The highest BCUT2D eigenvalue weighted by molar-refractivity contribution is 6.07. The summed E-state index contributed by atoms with van der Waals surface area (Å²) in [6.45, 7) is 3.69. The fraction of sp³-hybridized carbons (Fsp3) is 0.500. The zero-order valence-corrected chi connectivity index (χ0v) is 13.2. The van der Waals surface area contributed by atoms with Crippen molar-refractivity contribution < 1.29 is 14.0 Å². The van der Waals surface area contributed by atoms with E-state index in [4.69, 9.17) is 4.42 Å². The summed E-state index contributed by atoms with van der Waals surface area (Å²) in [5.74, 6) is 0.374. The van der Waals surface area contributed by atoms with Gasteiger partial charge >= 0.3 is 6.03 Å². The van der Waals surface area contributed by atoms with E-state index in [9.17, 15) is 9.59 Å². The maximum Gasteiger partial charge on any atom is 0.325 e. The minimum absolute atomic E-state index is 0.0420. The molecule has 1 N–H and O–H groups in total. The summed E-state index contributed by atoms with van der Waals surface area (Å²) < 4.78 is 6.99. The molecular formula is C14H18N6O3. The van der Waals surface area contributed by atoms with Crippen LogP contribution in [0.3, 0.4) is 0 Å². The predicted octanol–water partition coefficient (Wildman–Crippen LogP) is 0.723. The van der Waals surface area contributed by atoms with Gasteiger partial charge in [0.2, 0.25) is 11.8 Å². The molecule has 1 aliphatic heterocycles. The van der Waals surface area contributed by atoms with Crippen LogP contribution in [-0.2, 0) is 30.3 Å². The van der Waals surface area contributed by atoms with Crippen molar-refractivity contribution in [2.45, 2.75) is 38.8 Å². The molecule has 0 bridgehead atoms. The summed E-state index contributed by atoms with van der Waals surface area (Å²) in [4.78, 5) is 26.3. The normalized spacial score (nSPS) is 21.1. The third-order valence-electron chi connectivity index (χ3n) is 4.01. The SMILES string of the molecule is CCc1nnc(CN2C(=O)NC(CC)(c3cnn(C)c3)C2=O)o1. The Morgan fingerprint density at radius 1 is 1.26 bits per heavy atom. The van der Waals surface area contributed by atoms with Gasteiger partial charge in [-0.1, -0.05) is 13.8 Å². The van der Waals surface area contributed by atoms with E-state index < -0.39 is 11.6 Å². The average Bonchev–Trinajstić information content (AvgIpc) is 3.22. The van der Waals surface area contributed by atoms with Crippen molar-refractivity contribution in [2.24, 2.45) is 7.05 Å². The number of hydrogen-bond donors (Lipinski definition) is 1.